The van der Waals surface area contributed by atoms with Crippen LogP contribution in [0.25, 0.3) is 0 Å². The summed E-state index contributed by atoms with van der Waals surface area (Å²) < 4.78 is 16.0. The fraction of sp³-hybridized carbons (Fsp3) is 0.240. The summed E-state index contributed by atoms with van der Waals surface area (Å²) in [6.45, 7) is 3.64. The van der Waals surface area contributed by atoms with E-state index < -0.39 is 17.3 Å². The Morgan fingerprint density at radius 3 is 2.75 bits per heavy atom. The first kappa shape index (κ1) is 25.7. The van der Waals surface area contributed by atoms with Crippen LogP contribution in [-0.4, -0.2) is 37.5 Å². The van der Waals surface area contributed by atoms with Crippen molar-refractivity contribution < 1.29 is 14.3 Å². The number of amides is 1. The van der Waals surface area contributed by atoms with Crippen LogP contribution in [0.5, 0.6) is 0 Å². The predicted molar refractivity (Wildman–Crippen MR) is 138 cm³/mol. The average Bonchev–Trinajstić information content (AvgIpc) is 3.31. The molecule has 1 amide bonds. The molecule has 0 saturated heterocycles. The van der Waals surface area contributed by atoms with E-state index in [1.807, 2.05) is 38.1 Å². The van der Waals surface area contributed by atoms with Crippen molar-refractivity contribution in [1.29, 1.82) is 0 Å². The van der Waals surface area contributed by atoms with E-state index in [0.29, 0.717) is 29.5 Å². The summed E-state index contributed by atoms with van der Waals surface area (Å²) in [4.78, 5) is 29.9. The second-order valence-electron chi connectivity index (χ2n) is 8.03. The summed E-state index contributed by atoms with van der Waals surface area (Å²) in [6, 6.07) is 12.4. The number of rotatable bonds is 10. The molecular weight excluding hydrogens is 499 g/mol. The fourth-order valence-corrected chi connectivity index (χ4v) is 5.38. The third-order valence-corrected chi connectivity index (χ3v) is 7.28. The van der Waals surface area contributed by atoms with Crippen LogP contribution in [-0.2, 0) is 5.60 Å². The molecule has 0 saturated carbocycles. The summed E-state index contributed by atoms with van der Waals surface area (Å²) >= 11 is 2.49. The second-order valence-corrected chi connectivity index (χ2v) is 10.4. The summed E-state index contributed by atoms with van der Waals surface area (Å²) in [7, 11) is 0. The summed E-state index contributed by atoms with van der Waals surface area (Å²) in [5, 5.41) is 17.6. The van der Waals surface area contributed by atoms with Crippen molar-refractivity contribution in [1.82, 2.24) is 25.3 Å². The number of nitrogens with zero attached hydrogens (tertiary/aromatic N) is 4. The molecule has 0 aromatic carbocycles. The lowest BCUT2D eigenvalue weighted by Gasteiger charge is -2.28. The van der Waals surface area contributed by atoms with Gasteiger partial charge in [-0.25, -0.2) is 19.3 Å². The Balaban J connectivity index is 1.45. The van der Waals surface area contributed by atoms with Gasteiger partial charge in [-0.2, -0.15) is 0 Å². The van der Waals surface area contributed by atoms with Gasteiger partial charge in [0.1, 0.15) is 11.4 Å². The van der Waals surface area contributed by atoms with Gasteiger partial charge < -0.3 is 15.7 Å². The van der Waals surface area contributed by atoms with Gasteiger partial charge in [0, 0.05) is 18.1 Å². The third-order valence-electron chi connectivity index (χ3n) is 5.23. The first-order valence-corrected chi connectivity index (χ1v) is 12.9. The van der Waals surface area contributed by atoms with Gasteiger partial charge in [-0.3, -0.25) is 9.78 Å². The fourth-order valence-electron chi connectivity index (χ4n) is 3.52. The topological polar surface area (TPSA) is 113 Å². The Bertz CT molecular complexity index is 1340. The van der Waals surface area contributed by atoms with Crippen LogP contribution in [0.3, 0.4) is 0 Å². The molecular formula is C25H25FN6O2S2. The quantitative estimate of drug-likeness (QED) is 0.263. The maximum absolute atomic E-state index is 15.2. The Morgan fingerprint density at radius 2 is 2.00 bits per heavy atom. The Hall–Kier alpha value is -3.41. The molecule has 186 valence electrons. The third kappa shape index (κ3) is 6.23. The number of aliphatic hydroxyl groups is 1. The van der Waals surface area contributed by atoms with Gasteiger partial charge in [-0.15, -0.1) is 0 Å². The maximum Gasteiger partial charge on any atom is 0.273 e. The number of hydrogen-bond acceptors (Lipinski definition) is 9. The van der Waals surface area contributed by atoms with E-state index in [0.717, 1.165) is 21.7 Å². The van der Waals surface area contributed by atoms with Gasteiger partial charge >= 0.3 is 0 Å². The van der Waals surface area contributed by atoms with Gasteiger partial charge in [0.2, 0.25) is 0 Å². The van der Waals surface area contributed by atoms with Gasteiger partial charge in [-0.1, -0.05) is 48.6 Å². The minimum absolute atomic E-state index is 0.119. The largest absolute Gasteiger partial charge is 0.382 e. The number of anilines is 2. The van der Waals surface area contributed by atoms with Gasteiger partial charge in [0.25, 0.3) is 5.91 Å². The molecule has 4 aromatic rings. The monoisotopic (exact) mass is 524 g/mol. The highest BCUT2D eigenvalue weighted by atomic mass is 32.2. The van der Waals surface area contributed by atoms with Crippen LogP contribution < -0.4 is 10.6 Å². The molecule has 3 N–H and O–H groups in total. The number of halogens is 1. The van der Waals surface area contributed by atoms with Crippen LogP contribution in [0.2, 0.25) is 0 Å². The molecule has 4 heterocycles. The van der Waals surface area contributed by atoms with E-state index in [4.69, 9.17) is 0 Å². The normalized spacial score (nSPS) is 12.7. The maximum atomic E-state index is 15.2. The molecule has 0 bridgehead atoms. The van der Waals surface area contributed by atoms with Crippen LogP contribution in [0.15, 0.2) is 70.2 Å². The number of carbonyl (C=O) groups is 1. The van der Waals surface area contributed by atoms with Crippen molar-refractivity contribution in [2.24, 2.45) is 0 Å². The highest BCUT2D eigenvalue weighted by Gasteiger charge is 2.31. The number of carbonyl (C=O) groups excluding carboxylic acids is 1. The molecule has 11 heteroatoms. The molecule has 0 aliphatic carbocycles. The predicted octanol–water partition coefficient (Wildman–Crippen LogP) is 5.09. The van der Waals surface area contributed by atoms with Crippen LogP contribution >= 0.6 is 23.1 Å². The average molecular weight is 525 g/mol. The number of hydrogen-bond donors (Lipinski definition) is 3. The first-order valence-electron chi connectivity index (χ1n) is 11.3. The zero-order chi connectivity index (χ0) is 25.5. The first-order chi connectivity index (χ1) is 17.4. The number of nitrogens with one attached hydrogen (secondary N) is 2. The molecule has 8 nitrogen and oxygen atoms in total. The van der Waals surface area contributed by atoms with Crippen LogP contribution in [0, 0.1) is 12.7 Å². The lowest BCUT2D eigenvalue weighted by atomic mass is 9.93. The van der Waals surface area contributed by atoms with Crippen molar-refractivity contribution in [3.8, 4) is 0 Å². The van der Waals surface area contributed by atoms with Crippen molar-refractivity contribution in [3.63, 3.8) is 0 Å². The zero-order valence-electron chi connectivity index (χ0n) is 19.7. The van der Waals surface area contributed by atoms with Gasteiger partial charge in [-0.05, 0) is 43.7 Å². The minimum Gasteiger partial charge on any atom is -0.382 e. The summed E-state index contributed by atoms with van der Waals surface area (Å²) in [6.07, 6.45) is 5.74. The van der Waals surface area contributed by atoms with E-state index in [2.05, 4.69) is 30.6 Å². The molecule has 0 aliphatic rings. The van der Waals surface area contributed by atoms with E-state index in [1.54, 1.807) is 24.5 Å². The summed E-state index contributed by atoms with van der Waals surface area (Å²) in [5.41, 5.74) is -0.499. The highest BCUT2D eigenvalue weighted by Crippen LogP contribution is 2.36. The van der Waals surface area contributed by atoms with Gasteiger partial charge in [0.15, 0.2) is 16.6 Å². The second kappa shape index (κ2) is 11.5. The number of aryl methyl sites for hydroxylation is 1. The van der Waals surface area contributed by atoms with Crippen molar-refractivity contribution in [3.05, 3.63) is 84.0 Å². The Kier molecular flexibility index (Phi) is 8.24. The SMILES string of the molecule is CCCC(O)(CNC(=O)c1nccc(Sc2cnc(Nc3ccccn3)s2)c1F)c1cccc(C)n1. The van der Waals surface area contributed by atoms with E-state index in [9.17, 15) is 9.90 Å². The smallest absolute Gasteiger partial charge is 0.273 e. The van der Waals surface area contributed by atoms with Crippen molar-refractivity contribution >= 4 is 40.0 Å². The Morgan fingerprint density at radius 1 is 1.14 bits per heavy atom. The van der Waals surface area contributed by atoms with E-state index in [1.165, 1.54) is 23.6 Å². The van der Waals surface area contributed by atoms with Crippen molar-refractivity contribution in [2.75, 3.05) is 11.9 Å². The summed E-state index contributed by atoms with van der Waals surface area (Å²) in [5.74, 6) is -0.791. The minimum atomic E-state index is -1.38. The number of thiazole rings is 1. The molecule has 4 rings (SSSR count). The lowest BCUT2D eigenvalue weighted by Crippen LogP contribution is -2.42. The standard InChI is InChI=1S/C25H25FN6O2S2/c1-3-11-25(34,18-8-6-7-16(2)31-18)15-30-23(33)22-21(26)17(10-13-28-22)35-20-14-29-24(36-20)32-19-9-4-5-12-27-19/h4-10,12-14,34H,3,11,15H2,1-2H3,(H,30,33)(H,27,29,32). The van der Waals surface area contributed by atoms with Crippen LogP contribution in [0.1, 0.15) is 41.6 Å². The van der Waals surface area contributed by atoms with E-state index in [-0.39, 0.29) is 17.1 Å². The lowest BCUT2D eigenvalue weighted by molar-refractivity contribution is 0.0219. The molecule has 0 spiro atoms. The number of aromatic nitrogens is 4. The highest BCUT2D eigenvalue weighted by molar-refractivity contribution is 8.01. The van der Waals surface area contributed by atoms with Crippen molar-refractivity contribution in [2.45, 2.75) is 41.4 Å². The molecule has 4 aromatic heterocycles. The molecule has 1 unspecified atom stereocenters. The number of pyridine rings is 3. The van der Waals surface area contributed by atoms with E-state index >= 15 is 4.39 Å². The molecule has 0 fully saturated rings. The Labute approximate surface area is 216 Å². The van der Waals surface area contributed by atoms with Gasteiger partial charge in [0.05, 0.1) is 27.5 Å². The zero-order valence-corrected chi connectivity index (χ0v) is 21.4. The molecule has 36 heavy (non-hydrogen) atoms. The van der Waals surface area contributed by atoms with Crippen LogP contribution in [0.4, 0.5) is 15.3 Å². The molecule has 0 aliphatic heterocycles. The molecule has 1 atom stereocenters. The molecule has 0 radical (unpaired) electrons.